The SMILES string of the molecule is CC[C@H]1CN2CC[C@H]1C[C@H]2[C@H](O)c1cc(-c2ccc(Cl)c(Cl)c2)nc2ccc(OC)cc12.Cl. The number of hydrogen-bond donors (Lipinski definition) is 1. The van der Waals surface area contributed by atoms with Gasteiger partial charge in [0.05, 0.1) is 34.5 Å². The van der Waals surface area contributed by atoms with Crippen molar-refractivity contribution in [1.82, 2.24) is 9.88 Å². The summed E-state index contributed by atoms with van der Waals surface area (Å²) in [5, 5.41) is 13.6. The highest BCUT2D eigenvalue weighted by molar-refractivity contribution is 6.42. The summed E-state index contributed by atoms with van der Waals surface area (Å²) in [6.45, 7) is 4.42. The molecule has 1 unspecified atom stereocenters. The third kappa shape index (κ3) is 4.56. The normalized spacial score (nSPS) is 25.0. The van der Waals surface area contributed by atoms with Crippen LogP contribution in [-0.2, 0) is 0 Å². The minimum atomic E-state index is -0.602. The van der Waals surface area contributed by atoms with E-state index in [0.29, 0.717) is 16.0 Å². The van der Waals surface area contributed by atoms with Gasteiger partial charge in [-0.1, -0.05) is 42.6 Å². The second kappa shape index (κ2) is 9.97. The van der Waals surface area contributed by atoms with Crippen molar-refractivity contribution in [2.45, 2.75) is 38.3 Å². The number of nitrogens with zero attached hydrogens (tertiary/aromatic N) is 2. The molecule has 176 valence electrons. The third-order valence-electron chi connectivity index (χ3n) is 7.41. The van der Waals surface area contributed by atoms with E-state index in [1.165, 1.54) is 12.8 Å². The standard InChI is InChI=1S/C26H28Cl2N2O2.ClH/c1-3-15-14-30-9-8-16(15)11-25(30)26(31)20-13-24(17-4-6-21(27)22(28)10-17)29-23-7-5-18(32-2)12-19(20)23;/h4-7,10,12-13,15-16,25-26,31H,3,8-9,11,14H2,1-2H3;1H/t15-,16-,25-,26+;/m0./s1. The van der Waals surface area contributed by atoms with E-state index in [2.05, 4.69) is 11.8 Å². The van der Waals surface area contributed by atoms with Crippen LogP contribution in [0.3, 0.4) is 0 Å². The van der Waals surface area contributed by atoms with Gasteiger partial charge in [0.2, 0.25) is 0 Å². The molecule has 2 bridgehead atoms. The van der Waals surface area contributed by atoms with Gasteiger partial charge in [0.1, 0.15) is 5.75 Å². The van der Waals surface area contributed by atoms with Crippen LogP contribution in [0, 0.1) is 11.8 Å². The number of fused-ring (bicyclic) bond motifs is 4. The Morgan fingerprint density at radius 3 is 2.64 bits per heavy atom. The number of aliphatic hydroxyl groups is 1. The van der Waals surface area contributed by atoms with Gasteiger partial charge in [-0.25, -0.2) is 4.98 Å². The van der Waals surface area contributed by atoms with Crippen LogP contribution in [0.5, 0.6) is 5.75 Å². The molecule has 0 saturated carbocycles. The molecule has 3 saturated heterocycles. The van der Waals surface area contributed by atoms with Crippen LogP contribution in [0.15, 0.2) is 42.5 Å². The molecule has 3 aliphatic heterocycles. The highest BCUT2D eigenvalue weighted by Gasteiger charge is 2.42. The number of rotatable bonds is 5. The number of halogens is 3. The largest absolute Gasteiger partial charge is 0.497 e. The minimum absolute atomic E-state index is 0. The monoisotopic (exact) mass is 506 g/mol. The highest BCUT2D eigenvalue weighted by Crippen LogP contribution is 2.43. The van der Waals surface area contributed by atoms with E-state index in [4.69, 9.17) is 32.9 Å². The van der Waals surface area contributed by atoms with Gasteiger partial charge in [0, 0.05) is 23.5 Å². The Morgan fingerprint density at radius 1 is 1.15 bits per heavy atom. The zero-order valence-corrected chi connectivity index (χ0v) is 21.1. The summed E-state index contributed by atoms with van der Waals surface area (Å²) in [5.41, 5.74) is 3.37. The van der Waals surface area contributed by atoms with E-state index in [9.17, 15) is 5.11 Å². The van der Waals surface area contributed by atoms with Crippen LogP contribution in [0.2, 0.25) is 10.0 Å². The van der Waals surface area contributed by atoms with Crippen molar-refractivity contribution in [3.8, 4) is 17.0 Å². The number of hydrogen-bond acceptors (Lipinski definition) is 4. The number of benzene rings is 2. The number of aromatic nitrogens is 1. The Kier molecular flexibility index (Phi) is 7.42. The third-order valence-corrected chi connectivity index (χ3v) is 8.15. The fourth-order valence-corrected chi connectivity index (χ4v) is 5.88. The molecule has 0 amide bonds. The van der Waals surface area contributed by atoms with Crippen molar-refractivity contribution >= 4 is 46.5 Å². The molecule has 33 heavy (non-hydrogen) atoms. The first-order chi connectivity index (χ1) is 15.5. The Labute approximate surface area is 211 Å². The van der Waals surface area contributed by atoms with E-state index in [1.807, 2.05) is 36.4 Å². The predicted molar refractivity (Wildman–Crippen MR) is 138 cm³/mol. The molecule has 1 aromatic heterocycles. The van der Waals surface area contributed by atoms with E-state index in [-0.39, 0.29) is 18.4 Å². The number of ether oxygens (including phenoxy) is 1. The number of methoxy groups -OCH3 is 1. The summed E-state index contributed by atoms with van der Waals surface area (Å²) < 4.78 is 5.47. The number of aliphatic hydroxyl groups excluding tert-OH is 1. The minimum Gasteiger partial charge on any atom is -0.497 e. The number of pyridine rings is 1. The van der Waals surface area contributed by atoms with Gasteiger partial charge >= 0.3 is 0 Å². The van der Waals surface area contributed by atoms with Gasteiger partial charge in [-0.05, 0) is 73.2 Å². The first-order valence-corrected chi connectivity index (χ1v) is 12.1. The molecule has 0 radical (unpaired) electrons. The van der Waals surface area contributed by atoms with E-state index < -0.39 is 6.10 Å². The molecule has 1 N–H and O–H groups in total. The molecular formula is C26H29Cl3N2O2. The summed E-state index contributed by atoms with van der Waals surface area (Å²) in [6, 6.07) is 13.5. The van der Waals surface area contributed by atoms with Gasteiger partial charge in [0.15, 0.2) is 0 Å². The molecule has 3 aliphatic rings. The van der Waals surface area contributed by atoms with Crippen molar-refractivity contribution in [3.63, 3.8) is 0 Å². The second-order valence-electron chi connectivity index (χ2n) is 9.07. The molecule has 4 heterocycles. The highest BCUT2D eigenvalue weighted by atomic mass is 35.5. The average molecular weight is 508 g/mol. The van der Waals surface area contributed by atoms with Crippen LogP contribution < -0.4 is 4.74 Å². The number of piperidine rings is 3. The zero-order valence-electron chi connectivity index (χ0n) is 18.8. The van der Waals surface area contributed by atoms with E-state index in [1.54, 1.807) is 13.2 Å². The lowest BCUT2D eigenvalue weighted by Crippen LogP contribution is -2.55. The fourth-order valence-electron chi connectivity index (χ4n) is 5.58. The van der Waals surface area contributed by atoms with Crippen LogP contribution in [0.4, 0.5) is 0 Å². The summed E-state index contributed by atoms with van der Waals surface area (Å²) in [4.78, 5) is 7.36. The van der Waals surface area contributed by atoms with Crippen LogP contribution in [0.1, 0.15) is 37.9 Å². The topological polar surface area (TPSA) is 45.6 Å². The molecule has 0 aliphatic carbocycles. The predicted octanol–water partition coefficient (Wildman–Crippen LogP) is 6.79. The van der Waals surface area contributed by atoms with Gasteiger partial charge in [0.25, 0.3) is 0 Å². The molecule has 2 aromatic carbocycles. The maximum atomic E-state index is 11.7. The van der Waals surface area contributed by atoms with Crippen molar-refractivity contribution in [2.24, 2.45) is 11.8 Å². The molecule has 4 nitrogen and oxygen atoms in total. The van der Waals surface area contributed by atoms with Gasteiger partial charge in [-0.3, -0.25) is 4.90 Å². The lowest BCUT2D eigenvalue weighted by Gasteiger charge is -2.51. The molecule has 6 rings (SSSR count). The van der Waals surface area contributed by atoms with Crippen molar-refractivity contribution in [3.05, 3.63) is 58.1 Å². The second-order valence-corrected chi connectivity index (χ2v) is 9.88. The first-order valence-electron chi connectivity index (χ1n) is 11.3. The summed E-state index contributed by atoms with van der Waals surface area (Å²) in [7, 11) is 1.66. The molecule has 7 heteroatoms. The Morgan fingerprint density at radius 2 is 1.97 bits per heavy atom. The molecule has 5 atom stereocenters. The zero-order chi connectivity index (χ0) is 22.4. The van der Waals surface area contributed by atoms with Gasteiger partial charge in [-0.2, -0.15) is 0 Å². The van der Waals surface area contributed by atoms with E-state index >= 15 is 0 Å². The van der Waals surface area contributed by atoms with Gasteiger partial charge < -0.3 is 9.84 Å². The maximum Gasteiger partial charge on any atom is 0.119 e. The quantitative estimate of drug-likeness (QED) is 0.413. The summed E-state index contributed by atoms with van der Waals surface area (Å²) in [6.07, 6.45) is 2.88. The summed E-state index contributed by atoms with van der Waals surface area (Å²) >= 11 is 12.4. The van der Waals surface area contributed by atoms with E-state index in [0.717, 1.165) is 58.9 Å². The first kappa shape index (κ1) is 24.6. The molecular weight excluding hydrogens is 479 g/mol. The lowest BCUT2D eigenvalue weighted by atomic mass is 9.72. The Bertz CT molecular complexity index is 1160. The smallest absolute Gasteiger partial charge is 0.119 e. The summed E-state index contributed by atoms with van der Waals surface area (Å²) in [5.74, 6) is 2.20. The van der Waals surface area contributed by atoms with Crippen LogP contribution >= 0.6 is 35.6 Å². The van der Waals surface area contributed by atoms with Gasteiger partial charge in [-0.15, -0.1) is 12.4 Å². The molecule has 3 aromatic rings. The average Bonchev–Trinajstić information content (AvgIpc) is 2.84. The fraction of sp³-hybridized carbons (Fsp3) is 0.423. The van der Waals surface area contributed by atoms with Crippen LogP contribution in [0.25, 0.3) is 22.2 Å². The molecule has 0 spiro atoms. The Balaban J connectivity index is 0.00000259. The molecule has 3 fully saturated rings. The lowest BCUT2D eigenvalue weighted by molar-refractivity contribution is -0.0562. The van der Waals surface area contributed by atoms with Crippen molar-refractivity contribution < 1.29 is 9.84 Å². The van der Waals surface area contributed by atoms with Crippen LogP contribution in [-0.4, -0.2) is 41.2 Å². The van der Waals surface area contributed by atoms with Crippen molar-refractivity contribution in [1.29, 1.82) is 0 Å². The Hall–Kier alpha value is -1.56. The van der Waals surface area contributed by atoms with Crippen molar-refractivity contribution in [2.75, 3.05) is 20.2 Å². The maximum absolute atomic E-state index is 11.7.